The van der Waals surface area contributed by atoms with Gasteiger partial charge in [0, 0.05) is 16.1 Å². The van der Waals surface area contributed by atoms with Crippen molar-refractivity contribution in [1.29, 1.82) is 0 Å². The summed E-state index contributed by atoms with van der Waals surface area (Å²) in [7, 11) is 1.54. The molecule has 4 rings (SSSR count). The molecule has 4 amide bonds. The van der Waals surface area contributed by atoms with Gasteiger partial charge in [-0.15, -0.1) is 0 Å². The number of carbonyl (C=O) groups is 3. The maximum absolute atomic E-state index is 13.3. The monoisotopic (exact) mass is 534 g/mol. The lowest BCUT2D eigenvalue weighted by Crippen LogP contribution is -2.54. The number of ether oxygens (including phenoxy) is 2. The van der Waals surface area contributed by atoms with Gasteiger partial charge in [-0.25, -0.2) is 9.69 Å². The number of hydrogen-bond acceptors (Lipinski definition) is 5. The van der Waals surface area contributed by atoms with E-state index in [9.17, 15) is 14.4 Å². The molecule has 3 aromatic rings. The number of halogens is 1. The van der Waals surface area contributed by atoms with Crippen LogP contribution >= 0.6 is 15.9 Å². The Kier molecular flexibility index (Phi) is 7.02. The molecule has 1 N–H and O–H groups in total. The summed E-state index contributed by atoms with van der Waals surface area (Å²) in [6.45, 7) is 4.13. The van der Waals surface area contributed by atoms with Crippen molar-refractivity contribution in [1.82, 2.24) is 5.32 Å². The molecule has 1 fully saturated rings. The number of methoxy groups -OCH3 is 1. The second kappa shape index (κ2) is 10.1. The van der Waals surface area contributed by atoms with Gasteiger partial charge in [-0.3, -0.25) is 14.9 Å². The molecule has 1 heterocycles. The van der Waals surface area contributed by atoms with Gasteiger partial charge < -0.3 is 9.47 Å². The highest BCUT2D eigenvalue weighted by atomic mass is 79.9. The fourth-order valence-electron chi connectivity index (χ4n) is 3.66. The summed E-state index contributed by atoms with van der Waals surface area (Å²) >= 11 is 3.41. The molecule has 35 heavy (non-hydrogen) atoms. The van der Waals surface area contributed by atoms with Gasteiger partial charge >= 0.3 is 6.03 Å². The van der Waals surface area contributed by atoms with Crippen LogP contribution in [-0.4, -0.2) is 25.0 Å². The Labute approximate surface area is 211 Å². The topological polar surface area (TPSA) is 84.9 Å². The van der Waals surface area contributed by atoms with Crippen LogP contribution in [0.3, 0.4) is 0 Å². The predicted molar refractivity (Wildman–Crippen MR) is 136 cm³/mol. The van der Waals surface area contributed by atoms with Crippen LogP contribution < -0.4 is 19.7 Å². The largest absolute Gasteiger partial charge is 0.497 e. The number of rotatable bonds is 6. The van der Waals surface area contributed by atoms with E-state index in [0.29, 0.717) is 22.7 Å². The van der Waals surface area contributed by atoms with Gasteiger partial charge in [-0.05, 0) is 61.4 Å². The van der Waals surface area contributed by atoms with Gasteiger partial charge in [0.25, 0.3) is 11.8 Å². The van der Waals surface area contributed by atoms with Crippen LogP contribution in [0.15, 0.2) is 70.7 Å². The zero-order chi connectivity index (χ0) is 25.1. The lowest BCUT2D eigenvalue weighted by Gasteiger charge is -2.27. The summed E-state index contributed by atoms with van der Waals surface area (Å²) in [5, 5.41) is 2.25. The Morgan fingerprint density at radius 1 is 1.00 bits per heavy atom. The maximum Gasteiger partial charge on any atom is 0.335 e. The zero-order valence-electron chi connectivity index (χ0n) is 19.4. The highest BCUT2D eigenvalue weighted by Gasteiger charge is 2.37. The highest BCUT2D eigenvalue weighted by Crippen LogP contribution is 2.30. The molecule has 178 valence electrons. The van der Waals surface area contributed by atoms with Gasteiger partial charge in [0.05, 0.1) is 12.8 Å². The van der Waals surface area contributed by atoms with Gasteiger partial charge in [-0.2, -0.15) is 0 Å². The first-order chi connectivity index (χ1) is 16.8. The van der Waals surface area contributed by atoms with Crippen LogP contribution in [0.1, 0.15) is 22.3 Å². The van der Waals surface area contributed by atoms with E-state index in [1.165, 1.54) is 6.08 Å². The highest BCUT2D eigenvalue weighted by molar-refractivity contribution is 9.10. The third-order valence-corrected chi connectivity index (χ3v) is 6.39. The number of amides is 4. The van der Waals surface area contributed by atoms with Gasteiger partial charge in [0.2, 0.25) is 0 Å². The zero-order valence-corrected chi connectivity index (χ0v) is 21.0. The van der Waals surface area contributed by atoms with E-state index in [4.69, 9.17) is 9.47 Å². The minimum Gasteiger partial charge on any atom is -0.497 e. The van der Waals surface area contributed by atoms with Gasteiger partial charge in [0.1, 0.15) is 23.7 Å². The molecule has 0 unspecified atom stereocenters. The molecule has 0 spiro atoms. The Hall–Kier alpha value is -3.91. The fraction of sp³-hybridized carbons (Fsp3) is 0.148. The van der Waals surface area contributed by atoms with Crippen molar-refractivity contribution < 1.29 is 23.9 Å². The minimum atomic E-state index is -0.801. The number of barbiturate groups is 1. The van der Waals surface area contributed by atoms with E-state index in [0.717, 1.165) is 26.1 Å². The number of aryl methyl sites for hydroxylation is 2. The lowest BCUT2D eigenvalue weighted by atomic mass is 10.1. The molecule has 0 aliphatic carbocycles. The average molecular weight is 535 g/mol. The molecule has 3 aromatic carbocycles. The third kappa shape index (κ3) is 5.27. The average Bonchev–Trinajstić information content (AvgIpc) is 2.83. The third-order valence-electron chi connectivity index (χ3n) is 5.50. The smallest absolute Gasteiger partial charge is 0.335 e. The number of nitrogens with one attached hydrogen (secondary N) is 1. The summed E-state index contributed by atoms with van der Waals surface area (Å²) in [5.74, 6) is -0.499. The number of urea groups is 1. The molecule has 8 heteroatoms. The van der Waals surface area contributed by atoms with Crippen LogP contribution in [0.4, 0.5) is 10.5 Å². The number of carbonyl (C=O) groups excluding carboxylic acids is 3. The van der Waals surface area contributed by atoms with Crippen LogP contribution in [0.2, 0.25) is 0 Å². The summed E-state index contributed by atoms with van der Waals surface area (Å²) < 4.78 is 12.2. The first kappa shape index (κ1) is 24.2. The number of imide groups is 2. The second-order valence-electron chi connectivity index (χ2n) is 8.07. The lowest BCUT2D eigenvalue weighted by molar-refractivity contribution is -0.122. The summed E-state index contributed by atoms with van der Waals surface area (Å²) in [6.07, 6.45) is 1.42. The normalized spacial score (nSPS) is 14.8. The molecule has 0 aromatic heterocycles. The van der Waals surface area contributed by atoms with Gasteiger partial charge in [-0.1, -0.05) is 45.8 Å². The van der Waals surface area contributed by atoms with Gasteiger partial charge in [0.15, 0.2) is 0 Å². The van der Waals surface area contributed by atoms with Crippen molar-refractivity contribution in [3.8, 4) is 11.5 Å². The van der Waals surface area contributed by atoms with E-state index in [1.54, 1.807) is 43.5 Å². The molecule has 0 bridgehead atoms. The summed E-state index contributed by atoms with van der Waals surface area (Å²) in [4.78, 5) is 39.4. The SMILES string of the molecule is COc1ccc(/C=C2/C(=O)NC(=O)N(c3ccc(Br)c(C)c3)C2=O)c(OCc2cccc(C)c2)c1. The second-order valence-corrected chi connectivity index (χ2v) is 8.93. The molecular weight excluding hydrogens is 512 g/mol. The molecule has 0 saturated carbocycles. The molecule has 1 aliphatic rings. The maximum atomic E-state index is 13.3. The standard InChI is InChI=1S/C27H23BrN2O5/c1-16-5-4-6-18(11-16)15-35-24-14-21(34-3)9-7-19(24)13-22-25(31)29-27(33)30(26(22)32)20-8-10-23(28)17(2)12-20/h4-14H,15H2,1-3H3,(H,29,31,33)/b22-13-. The van der Waals surface area contributed by atoms with Crippen LogP contribution in [0, 0.1) is 13.8 Å². The van der Waals surface area contributed by atoms with E-state index in [-0.39, 0.29) is 12.2 Å². The molecule has 7 nitrogen and oxygen atoms in total. The van der Waals surface area contributed by atoms with Crippen molar-refractivity contribution in [2.24, 2.45) is 0 Å². The molecule has 0 atom stereocenters. The Bertz CT molecular complexity index is 1370. The van der Waals surface area contributed by atoms with Crippen molar-refractivity contribution >= 4 is 45.5 Å². The van der Waals surface area contributed by atoms with Crippen molar-refractivity contribution in [2.45, 2.75) is 20.5 Å². The van der Waals surface area contributed by atoms with Crippen LogP contribution in [-0.2, 0) is 16.2 Å². The van der Waals surface area contributed by atoms with E-state index < -0.39 is 17.8 Å². The molecule has 0 radical (unpaired) electrons. The Morgan fingerprint density at radius 3 is 2.51 bits per heavy atom. The Balaban J connectivity index is 1.69. The first-order valence-corrected chi connectivity index (χ1v) is 11.6. The first-order valence-electron chi connectivity index (χ1n) is 10.8. The van der Waals surface area contributed by atoms with Crippen molar-refractivity contribution in [3.63, 3.8) is 0 Å². The van der Waals surface area contributed by atoms with Crippen molar-refractivity contribution in [2.75, 3.05) is 12.0 Å². The van der Waals surface area contributed by atoms with E-state index in [1.807, 2.05) is 38.1 Å². The number of hydrogen-bond donors (Lipinski definition) is 1. The summed E-state index contributed by atoms with van der Waals surface area (Å²) in [5.41, 5.74) is 3.59. The quantitative estimate of drug-likeness (QED) is 0.341. The van der Waals surface area contributed by atoms with E-state index >= 15 is 0 Å². The molecule has 1 saturated heterocycles. The number of benzene rings is 3. The van der Waals surface area contributed by atoms with E-state index in [2.05, 4.69) is 21.2 Å². The van der Waals surface area contributed by atoms with Crippen LogP contribution in [0.25, 0.3) is 6.08 Å². The van der Waals surface area contributed by atoms with Crippen LogP contribution in [0.5, 0.6) is 11.5 Å². The predicted octanol–water partition coefficient (Wildman–Crippen LogP) is 5.32. The number of nitrogens with zero attached hydrogens (tertiary/aromatic N) is 1. The minimum absolute atomic E-state index is 0.184. The molecule has 1 aliphatic heterocycles. The van der Waals surface area contributed by atoms with Crippen molar-refractivity contribution in [3.05, 3.63) is 93.0 Å². The molecular formula is C27H23BrN2O5. The summed E-state index contributed by atoms with van der Waals surface area (Å²) in [6, 6.07) is 17.3. The Morgan fingerprint density at radius 2 is 1.80 bits per heavy atom. The fourth-order valence-corrected chi connectivity index (χ4v) is 3.91. The number of anilines is 1.